The smallest absolute Gasteiger partial charge is 0.223 e. The quantitative estimate of drug-likeness (QED) is 0.485. The van der Waals surface area contributed by atoms with Crippen LogP contribution >= 0.6 is 11.6 Å². The molecule has 2 atom stereocenters. The second-order valence-electron chi connectivity index (χ2n) is 9.72. The zero-order valence-electron chi connectivity index (χ0n) is 20.4. The number of halogens is 1. The predicted octanol–water partition coefficient (Wildman–Crippen LogP) is 3.66. The number of pyridine rings is 1. The van der Waals surface area contributed by atoms with Gasteiger partial charge in [-0.2, -0.15) is 0 Å². The van der Waals surface area contributed by atoms with Crippen LogP contribution in [0.3, 0.4) is 0 Å². The number of hydrogen-bond donors (Lipinski definition) is 3. The maximum absolute atomic E-state index is 12.6. The number of ether oxygens (including phenoxy) is 2. The van der Waals surface area contributed by atoms with Gasteiger partial charge in [-0.15, -0.1) is 0 Å². The molecule has 0 bridgehead atoms. The largest absolute Gasteiger partial charge is 0.477 e. The average Bonchev–Trinajstić information content (AvgIpc) is 2.83. The molecule has 0 aliphatic carbocycles. The van der Waals surface area contributed by atoms with Gasteiger partial charge < -0.3 is 20.1 Å². The molecule has 2 aliphatic rings. The Kier molecular flexibility index (Phi) is 7.94. The number of carbonyl (C=O) groups excluding carboxylic acids is 2. The molecule has 2 aliphatic heterocycles. The highest BCUT2D eigenvalue weighted by Crippen LogP contribution is 2.33. The molecule has 9 heteroatoms. The molecule has 2 aromatic rings. The second-order valence-corrected chi connectivity index (χ2v) is 10.1. The fourth-order valence-electron chi connectivity index (χ4n) is 4.10. The number of aromatic nitrogens is 1. The zero-order valence-corrected chi connectivity index (χ0v) is 21.2. The highest BCUT2D eigenvalue weighted by Gasteiger charge is 2.38. The van der Waals surface area contributed by atoms with Crippen LogP contribution in [-0.2, 0) is 20.9 Å². The summed E-state index contributed by atoms with van der Waals surface area (Å²) < 4.78 is 11.3. The van der Waals surface area contributed by atoms with Crippen LogP contribution in [-0.4, -0.2) is 36.6 Å². The Morgan fingerprint density at radius 2 is 2.11 bits per heavy atom. The van der Waals surface area contributed by atoms with Crippen molar-refractivity contribution in [2.24, 2.45) is 11.3 Å². The summed E-state index contributed by atoms with van der Waals surface area (Å²) in [5.74, 6) is 0.372. The Morgan fingerprint density at radius 3 is 2.74 bits per heavy atom. The number of amides is 2. The van der Waals surface area contributed by atoms with Crippen molar-refractivity contribution in [2.45, 2.75) is 52.4 Å². The van der Waals surface area contributed by atoms with E-state index in [9.17, 15) is 9.59 Å². The van der Waals surface area contributed by atoms with E-state index in [0.717, 1.165) is 36.3 Å². The molecule has 0 spiro atoms. The van der Waals surface area contributed by atoms with Gasteiger partial charge >= 0.3 is 0 Å². The van der Waals surface area contributed by atoms with Crippen LogP contribution in [0.2, 0.25) is 5.02 Å². The van der Waals surface area contributed by atoms with E-state index < -0.39 is 6.17 Å². The van der Waals surface area contributed by atoms with Crippen molar-refractivity contribution in [3.05, 3.63) is 58.2 Å². The highest BCUT2D eigenvalue weighted by molar-refractivity contribution is 6.31. The minimum Gasteiger partial charge on any atom is -0.477 e. The SMILES string of the molecule is CCC1(COc2ccc(C3CC(=O)NC(c4cc(CNC(=O)C(C)C)ccc4Cl)N3)cn2)COC1. The summed E-state index contributed by atoms with van der Waals surface area (Å²) in [6.45, 7) is 8.25. The van der Waals surface area contributed by atoms with Crippen LogP contribution in [0.1, 0.15) is 62.5 Å². The summed E-state index contributed by atoms with van der Waals surface area (Å²) in [6.07, 6.45) is 2.57. The molecule has 0 saturated carbocycles. The summed E-state index contributed by atoms with van der Waals surface area (Å²) in [6, 6.07) is 9.12. The van der Waals surface area contributed by atoms with Crippen molar-refractivity contribution >= 4 is 23.4 Å². The molecule has 1 aromatic carbocycles. The van der Waals surface area contributed by atoms with Crippen molar-refractivity contribution in [1.82, 2.24) is 20.9 Å². The zero-order chi connectivity index (χ0) is 25.0. The molecule has 0 radical (unpaired) electrons. The van der Waals surface area contributed by atoms with Gasteiger partial charge in [-0.05, 0) is 29.7 Å². The van der Waals surface area contributed by atoms with Crippen molar-refractivity contribution in [2.75, 3.05) is 19.8 Å². The molecule has 4 rings (SSSR count). The van der Waals surface area contributed by atoms with Gasteiger partial charge in [0.25, 0.3) is 0 Å². The summed E-state index contributed by atoms with van der Waals surface area (Å²) >= 11 is 6.49. The third-order valence-electron chi connectivity index (χ3n) is 6.68. The van der Waals surface area contributed by atoms with Gasteiger partial charge in [0, 0.05) is 47.8 Å². The third kappa shape index (κ3) is 6.12. The number of benzene rings is 1. The number of hydrogen-bond acceptors (Lipinski definition) is 6. The normalized spacial score (nSPS) is 21.2. The lowest BCUT2D eigenvalue weighted by Crippen LogP contribution is -2.47. The van der Waals surface area contributed by atoms with Gasteiger partial charge in [-0.1, -0.05) is 44.5 Å². The van der Waals surface area contributed by atoms with E-state index >= 15 is 0 Å². The van der Waals surface area contributed by atoms with E-state index in [0.29, 0.717) is 24.1 Å². The van der Waals surface area contributed by atoms with Gasteiger partial charge in [0.2, 0.25) is 17.7 Å². The molecule has 1 aromatic heterocycles. The minimum absolute atomic E-state index is 0.0172. The summed E-state index contributed by atoms with van der Waals surface area (Å²) in [5.41, 5.74) is 2.64. The van der Waals surface area contributed by atoms with Crippen LogP contribution in [0, 0.1) is 11.3 Å². The first-order valence-corrected chi connectivity index (χ1v) is 12.4. The van der Waals surface area contributed by atoms with E-state index in [2.05, 4.69) is 27.9 Å². The fraction of sp³-hybridized carbons (Fsp3) is 0.500. The first-order chi connectivity index (χ1) is 16.8. The molecule has 188 valence electrons. The number of nitrogens with zero attached hydrogens (tertiary/aromatic N) is 1. The molecule has 2 amide bonds. The monoisotopic (exact) mass is 500 g/mol. The number of nitrogens with one attached hydrogen (secondary N) is 3. The van der Waals surface area contributed by atoms with Crippen molar-refractivity contribution in [3.63, 3.8) is 0 Å². The van der Waals surface area contributed by atoms with Crippen LogP contribution in [0.5, 0.6) is 5.88 Å². The molecule has 2 saturated heterocycles. The molecule has 3 N–H and O–H groups in total. The van der Waals surface area contributed by atoms with Gasteiger partial charge in [0.1, 0.15) is 6.17 Å². The lowest BCUT2D eigenvalue weighted by atomic mass is 9.84. The Balaban J connectivity index is 1.42. The van der Waals surface area contributed by atoms with E-state index in [1.807, 2.05) is 38.1 Å². The van der Waals surface area contributed by atoms with E-state index in [1.165, 1.54) is 0 Å². The Morgan fingerprint density at radius 1 is 1.31 bits per heavy atom. The standard InChI is InChI=1S/C26H33ClN4O4/c1-4-26(13-34-14-26)15-35-23-8-6-18(12-28-23)21-10-22(32)31-24(30-21)19-9-17(5-7-20(19)27)11-29-25(33)16(2)3/h5-9,12,16,21,24,30H,4,10-11,13-15H2,1-3H3,(H,29,33)(H,31,32). The van der Waals surface area contributed by atoms with Crippen molar-refractivity contribution in [3.8, 4) is 5.88 Å². The van der Waals surface area contributed by atoms with Crippen LogP contribution < -0.4 is 20.7 Å². The minimum atomic E-state index is -0.464. The lowest BCUT2D eigenvalue weighted by Gasteiger charge is -2.40. The third-order valence-corrected chi connectivity index (χ3v) is 7.02. The van der Waals surface area contributed by atoms with Crippen molar-refractivity contribution < 1.29 is 19.1 Å². The fourth-order valence-corrected chi connectivity index (χ4v) is 4.32. The lowest BCUT2D eigenvalue weighted by molar-refractivity contribution is -0.134. The summed E-state index contributed by atoms with van der Waals surface area (Å²) in [7, 11) is 0. The first-order valence-electron chi connectivity index (χ1n) is 12.1. The Labute approximate surface area is 211 Å². The Bertz CT molecular complexity index is 1050. The molecular weight excluding hydrogens is 468 g/mol. The van der Waals surface area contributed by atoms with Crippen LogP contribution in [0.15, 0.2) is 36.5 Å². The van der Waals surface area contributed by atoms with Crippen LogP contribution in [0.25, 0.3) is 0 Å². The molecular formula is C26H33ClN4O4. The highest BCUT2D eigenvalue weighted by atomic mass is 35.5. The van der Waals surface area contributed by atoms with Crippen LogP contribution in [0.4, 0.5) is 0 Å². The molecule has 35 heavy (non-hydrogen) atoms. The second kappa shape index (κ2) is 10.9. The van der Waals surface area contributed by atoms with Gasteiger partial charge in [-0.3, -0.25) is 14.9 Å². The van der Waals surface area contributed by atoms with Gasteiger partial charge in [0.05, 0.1) is 25.2 Å². The van der Waals surface area contributed by atoms with Crippen molar-refractivity contribution in [1.29, 1.82) is 0 Å². The van der Waals surface area contributed by atoms with E-state index in [4.69, 9.17) is 21.1 Å². The maximum atomic E-state index is 12.6. The average molecular weight is 501 g/mol. The molecule has 2 fully saturated rings. The molecule has 2 unspecified atom stereocenters. The maximum Gasteiger partial charge on any atom is 0.223 e. The van der Waals surface area contributed by atoms with E-state index in [-0.39, 0.29) is 35.6 Å². The summed E-state index contributed by atoms with van der Waals surface area (Å²) in [5, 5.41) is 9.89. The first kappa shape index (κ1) is 25.4. The van der Waals surface area contributed by atoms with Gasteiger partial charge in [0.15, 0.2) is 0 Å². The summed E-state index contributed by atoms with van der Waals surface area (Å²) in [4.78, 5) is 29.0. The molecule has 8 nitrogen and oxygen atoms in total. The number of carbonyl (C=O) groups is 2. The molecule has 3 heterocycles. The van der Waals surface area contributed by atoms with E-state index in [1.54, 1.807) is 12.3 Å². The topological polar surface area (TPSA) is 102 Å². The predicted molar refractivity (Wildman–Crippen MR) is 133 cm³/mol. The Hall–Kier alpha value is -2.68. The van der Waals surface area contributed by atoms with Gasteiger partial charge in [-0.25, -0.2) is 4.98 Å². The number of rotatable bonds is 9.